The van der Waals surface area contributed by atoms with Crippen LogP contribution in [0.1, 0.15) is 26.2 Å². The van der Waals surface area contributed by atoms with Crippen molar-refractivity contribution in [2.24, 2.45) is 11.3 Å². The molecule has 0 saturated heterocycles. The van der Waals surface area contributed by atoms with E-state index < -0.39 is 12.8 Å². The summed E-state index contributed by atoms with van der Waals surface area (Å²) in [5.74, 6) is 0.659. The summed E-state index contributed by atoms with van der Waals surface area (Å²) in [4.78, 5) is 0. The van der Waals surface area contributed by atoms with Crippen LogP contribution in [0.5, 0.6) is 0 Å². The summed E-state index contributed by atoms with van der Waals surface area (Å²) in [6.45, 7) is 1.17. The summed E-state index contributed by atoms with van der Waals surface area (Å²) in [5.41, 5.74) is 0.103. The highest BCUT2D eigenvalue weighted by Gasteiger charge is 2.40. The molecule has 0 amide bonds. The molecule has 1 atom stereocenters. The van der Waals surface area contributed by atoms with Crippen molar-refractivity contribution in [2.45, 2.75) is 32.4 Å². The molecule has 1 unspecified atom stereocenters. The molecule has 0 heterocycles. The SMILES string of the molecule is CC(CBr)(CCOCC(F)(F)F)C1CC1. The molecule has 0 aliphatic heterocycles. The maximum absolute atomic E-state index is 11.8. The normalized spacial score (nSPS) is 21.4. The van der Waals surface area contributed by atoms with E-state index >= 15 is 0 Å². The molecule has 1 fully saturated rings. The van der Waals surface area contributed by atoms with Gasteiger partial charge in [0.25, 0.3) is 0 Å². The minimum absolute atomic E-state index is 0.103. The van der Waals surface area contributed by atoms with E-state index in [0.29, 0.717) is 12.3 Å². The minimum atomic E-state index is -4.20. The van der Waals surface area contributed by atoms with E-state index in [4.69, 9.17) is 0 Å². The van der Waals surface area contributed by atoms with E-state index in [1.54, 1.807) is 0 Å². The summed E-state index contributed by atoms with van der Waals surface area (Å²) in [6.07, 6.45) is -1.12. The van der Waals surface area contributed by atoms with E-state index in [2.05, 4.69) is 27.6 Å². The van der Waals surface area contributed by atoms with Gasteiger partial charge in [0.15, 0.2) is 0 Å². The van der Waals surface area contributed by atoms with Gasteiger partial charge in [-0.05, 0) is 30.6 Å². The topological polar surface area (TPSA) is 9.23 Å². The van der Waals surface area contributed by atoms with E-state index in [1.165, 1.54) is 12.8 Å². The molecule has 0 bridgehead atoms. The Kier molecular flexibility index (Phi) is 4.47. The Hall–Kier alpha value is 0.230. The predicted molar refractivity (Wildman–Crippen MR) is 56.1 cm³/mol. The van der Waals surface area contributed by atoms with Gasteiger partial charge in [-0.1, -0.05) is 22.9 Å². The van der Waals surface area contributed by atoms with E-state index in [-0.39, 0.29) is 12.0 Å². The third kappa shape index (κ3) is 4.72. The molecule has 1 rings (SSSR count). The van der Waals surface area contributed by atoms with Gasteiger partial charge in [-0.15, -0.1) is 0 Å². The molecule has 0 aromatic heterocycles. The molecule has 0 N–H and O–H groups in total. The highest BCUT2D eigenvalue weighted by atomic mass is 79.9. The number of halogens is 4. The van der Waals surface area contributed by atoms with Crippen LogP contribution in [0.2, 0.25) is 0 Å². The molecule has 0 aromatic rings. The van der Waals surface area contributed by atoms with Crippen molar-refractivity contribution in [3.05, 3.63) is 0 Å². The molecular formula is C10H16BrF3O. The Morgan fingerprint density at radius 2 is 1.93 bits per heavy atom. The summed E-state index contributed by atoms with van der Waals surface area (Å²) in [6, 6.07) is 0. The van der Waals surface area contributed by atoms with Gasteiger partial charge in [0, 0.05) is 11.9 Å². The van der Waals surface area contributed by atoms with Gasteiger partial charge >= 0.3 is 6.18 Å². The smallest absolute Gasteiger partial charge is 0.372 e. The van der Waals surface area contributed by atoms with Gasteiger partial charge in [-0.3, -0.25) is 0 Å². The van der Waals surface area contributed by atoms with Crippen molar-refractivity contribution in [1.82, 2.24) is 0 Å². The fraction of sp³-hybridized carbons (Fsp3) is 1.00. The Bertz CT molecular complexity index is 203. The summed E-state index contributed by atoms with van der Waals surface area (Å²) in [7, 11) is 0. The van der Waals surface area contributed by atoms with Crippen molar-refractivity contribution in [3.63, 3.8) is 0 Å². The Balaban J connectivity index is 2.18. The van der Waals surface area contributed by atoms with Gasteiger partial charge < -0.3 is 4.74 Å². The number of alkyl halides is 4. The van der Waals surface area contributed by atoms with E-state index in [0.717, 1.165) is 5.33 Å². The van der Waals surface area contributed by atoms with Crippen molar-refractivity contribution in [3.8, 4) is 0 Å². The molecule has 15 heavy (non-hydrogen) atoms. The van der Waals surface area contributed by atoms with Crippen molar-refractivity contribution >= 4 is 15.9 Å². The standard InChI is InChI=1S/C10H16BrF3O/c1-9(6-11,8-2-3-8)4-5-15-7-10(12,13)14/h8H,2-7H2,1H3. The van der Waals surface area contributed by atoms with Crippen molar-refractivity contribution < 1.29 is 17.9 Å². The first-order valence-electron chi connectivity index (χ1n) is 5.08. The first kappa shape index (κ1) is 13.3. The average molecular weight is 289 g/mol. The van der Waals surface area contributed by atoms with Crippen LogP contribution < -0.4 is 0 Å². The molecule has 1 nitrogen and oxygen atoms in total. The summed E-state index contributed by atoms with van der Waals surface area (Å²) < 4.78 is 40.0. The van der Waals surface area contributed by atoms with Gasteiger partial charge in [0.1, 0.15) is 6.61 Å². The molecule has 0 spiro atoms. The van der Waals surface area contributed by atoms with Crippen LogP contribution in [-0.4, -0.2) is 24.7 Å². The number of hydrogen-bond donors (Lipinski definition) is 0. The molecule has 0 aromatic carbocycles. The maximum atomic E-state index is 11.8. The van der Waals surface area contributed by atoms with Gasteiger partial charge in [0.05, 0.1) is 0 Å². The molecule has 0 radical (unpaired) electrons. The molecule has 1 aliphatic rings. The first-order chi connectivity index (χ1) is 6.87. The molecular weight excluding hydrogens is 273 g/mol. The second kappa shape index (κ2) is 5.04. The zero-order valence-electron chi connectivity index (χ0n) is 8.74. The summed E-state index contributed by atoms with van der Waals surface area (Å²) >= 11 is 3.43. The molecule has 1 saturated carbocycles. The van der Waals surface area contributed by atoms with Gasteiger partial charge in [0.2, 0.25) is 0 Å². The van der Waals surface area contributed by atoms with Gasteiger partial charge in [-0.25, -0.2) is 0 Å². The Morgan fingerprint density at radius 3 is 2.33 bits per heavy atom. The maximum Gasteiger partial charge on any atom is 0.411 e. The number of ether oxygens (including phenoxy) is 1. The van der Waals surface area contributed by atoms with E-state index in [9.17, 15) is 13.2 Å². The average Bonchev–Trinajstić information content (AvgIpc) is 2.93. The third-order valence-electron chi connectivity index (χ3n) is 2.95. The fourth-order valence-electron chi connectivity index (χ4n) is 1.65. The third-order valence-corrected chi connectivity index (χ3v) is 4.23. The highest BCUT2D eigenvalue weighted by molar-refractivity contribution is 9.09. The Labute approximate surface area is 96.5 Å². The lowest BCUT2D eigenvalue weighted by molar-refractivity contribution is -0.175. The monoisotopic (exact) mass is 288 g/mol. The second-order valence-electron chi connectivity index (χ2n) is 4.48. The first-order valence-corrected chi connectivity index (χ1v) is 6.20. The quantitative estimate of drug-likeness (QED) is 0.534. The number of rotatable bonds is 6. The number of hydrogen-bond acceptors (Lipinski definition) is 1. The zero-order chi connectivity index (χ0) is 11.5. The fourth-order valence-corrected chi connectivity index (χ4v) is 2.39. The van der Waals surface area contributed by atoms with E-state index in [1.807, 2.05) is 0 Å². The molecule has 1 aliphatic carbocycles. The zero-order valence-corrected chi connectivity index (χ0v) is 10.3. The van der Waals surface area contributed by atoms with Crippen molar-refractivity contribution in [1.29, 1.82) is 0 Å². The van der Waals surface area contributed by atoms with Crippen LogP contribution in [0, 0.1) is 11.3 Å². The molecule has 90 valence electrons. The lowest BCUT2D eigenvalue weighted by atomic mass is 9.84. The minimum Gasteiger partial charge on any atom is -0.372 e. The lowest BCUT2D eigenvalue weighted by Gasteiger charge is -2.27. The van der Waals surface area contributed by atoms with Crippen molar-refractivity contribution in [2.75, 3.05) is 18.5 Å². The summed E-state index contributed by atoms with van der Waals surface area (Å²) in [5, 5.41) is 0.833. The van der Waals surface area contributed by atoms with Crippen LogP contribution in [0.3, 0.4) is 0 Å². The van der Waals surface area contributed by atoms with Crippen LogP contribution in [-0.2, 0) is 4.74 Å². The second-order valence-corrected chi connectivity index (χ2v) is 5.04. The highest BCUT2D eigenvalue weighted by Crippen LogP contribution is 2.48. The van der Waals surface area contributed by atoms with Gasteiger partial charge in [-0.2, -0.15) is 13.2 Å². The van der Waals surface area contributed by atoms with Crippen LogP contribution >= 0.6 is 15.9 Å². The lowest BCUT2D eigenvalue weighted by Crippen LogP contribution is -2.25. The van der Waals surface area contributed by atoms with Crippen LogP contribution in [0.15, 0.2) is 0 Å². The van der Waals surface area contributed by atoms with Crippen LogP contribution in [0.4, 0.5) is 13.2 Å². The van der Waals surface area contributed by atoms with Crippen LogP contribution in [0.25, 0.3) is 0 Å². The molecule has 5 heteroatoms. The largest absolute Gasteiger partial charge is 0.411 e. The Morgan fingerprint density at radius 1 is 1.33 bits per heavy atom. The predicted octanol–water partition coefficient (Wildman–Crippen LogP) is 3.77.